The van der Waals surface area contributed by atoms with Crippen LogP contribution in [-0.2, 0) is 6.54 Å². The Labute approximate surface area is 140 Å². The van der Waals surface area contributed by atoms with Gasteiger partial charge in [-0.1, -0.05) is 11.8 Å². The first-order chi connectivity index (χ1) is 11.2. The zero-order valence-corrected chi connectivity index (χ0v) is 14.6. The van der Waals surface area contributed by atoms with Crippen LogP contribution in [0.1, 0.15) is 24.6 Å². The summed E-state index contributed by atoms with van der Waals surface area (Å²) in [5.41, 5.74) is 0. The monoisotopic (exact) mass is 334 g/mol. The lowest BCUT2D eigenvalue weighted by atomic mass is 10.0. The fraction of sp³-hybridized carbons (Fsp3) is 0.600. The molecule has 2 aromatic heterocycles. The van der Waals surface area contributed by atoms with E-state index < -0.39 is 0 Å². The molecule has 0 bridgehead atoms. The Kier molecular flexibility index (Phi) is 5.12. The minimum Gasteiger partial charge on any atom is -0.424 e. The van der Waals surface area contributed by atoms with E-state index >= 15 is 0 Å². The van der Waals surface area contributed by atoms with Gasteiger partial charge in [-0.05, 0) is 32.2 Å². The van der Waals surface area contributed by atoms with E-state index in [-0.39, 0.29) is 0 Å². The summed E-state index contributed by atoms with van der Waals surface area (Å²) in [7, 11) is 2.12. The molecule has 1 aliphatic heterocycles. The Balaban J connectivity index is 1.55. The zero-order chi connectivity index (χ0) is 16.2. The summed E-state index contributed by atoms with van der Waals surface area (Å²) in [6.45, 7) is 4.53. The smallest absolute Gasteiger partial charge is 0.230 e. The second kappa shape index (κ2) is 7.27. The van der Waals surface area contributed by atoms with Crippen molar-refractivity contribution < 1.29 is 4.42 Å². The summed E-state index contributed by atoms with van der Waals surface area (Å²) in [5, 5.41) is 8.79. The van der Waals surface area contributed by atoms with Crippen molar-refractivity contribution in [3.8, 4) is 0 Å². The number of anilines is 1. The Morgan fingerprint density at radius 2 is 2.13 bits per heavy atom. The third-order valence-corrected chi connectivity index (χ3v) is 4.73. The van der Waals surface area contributed by atoms with Crippen LogP contribution in [0.5, 0.6) is 0 Å². The van der Waals surface area contributed by atoms with Crippen molar-refractivity contribution in [2.45, 2.75) is 37.5 Å². The number of thioether (sulfide) groups is 1. The largest absolute Gasteiger partial charge is 0.424 e. The lowest BCUT2D eigenvalue weighted by Crippen LogP contribution is -2.43. The molecule has 0 aliphatic carbocycles. The molecule has 0 amide bonds. The van der Waals surface area contributed by atoms with Crippen molar-refractivity contribution in [1.82, 2.24) is 25.1 Å². The Hall–Kier alpha value is -1.67. The average molecular weight is 334 g/mol. The second-order valence-electron chi connectivity index (χ2n) is 5.75. The van der Waals surface area contributed by atoms with E-state index in [4.69, 9.17) is 4.42 Å². The zero-order valence-electron chi connectivity index (χ0n) is 13.8. The summed E-state index contributed by atoms with van der Waals surface area (Å²) < 4.78 is 5.47. The van der Waals surface area contributed by atoms with E-state index in [1.54, 1.807) is 11.8 Å². The second-order valence-corrected chi connectivity index (χ2v) is 6.52. The lowest BCUT2D eigenvalue weighted by molar-refractivity contribution is 0.183. The number of piperidine rings is 1. The average Bonchev–Trinajstić information content (AvgIpc) is 3.00. The molecule has 3 heterocycles. The molecule has 0 saturated carbocycles. The van der Waals surface area contributed by atoms with Crippen LogP contribution in [0.4, 0.5) is 5.82 Å². The normalized spacial score (nSPS) is 16.3. The van der Waals surface area contributed by atoms with Crippen LogP contribution in [0, 0.1) is 6.92 Å². The van der Waals surface area contributed by atoms with Gasteiger partial charge in [-0.15, -0.1) is 10.2 Å². The van der Waals surface area contributed by atoms with Crippen molar-refractivity contribution >= 4 is 17.6 Å². The van der Waals surface area contributed by atoms with Gasteiger partial charge in [0.2, 0.25) is 11.8 Å². The molecule has 0 aromatic carbocycles. The van der Waals surface area contributed by atoms with Gasteiger partial charge in [-0.2, -0.15) is 0 Å². The van der Waals surface area contributed by atoms with Gasteiger partial charge in [0, 0.05) is 32.3 Å². The van der Waals surface area contributed by atoms with E-state index in [0.29, 0.717) is 24.4 Å². The Bertz CT molecular complexity index is 640. The first kappa shape index (κ1) is 16.2. The van der Waals surface area contributed by atoms with E-state index in [1.807, 2.05) is 25.4 Å². The van der Waals surface area contributed by atoms with Crippen LogP contribution in [0.15, 0.2) is 21.8 Å². The van der Waals surface area contributed by atoms with Crippen LogP contribution in [0.2, 0.25) is 0 Å². The Morgan fingerprint density at radius 1 is 1.35 bits per heavy atom. The summed E-state index contributed by atoms with van der Waals surface area (Å²) in [4.78, 5) is 13.5. The quantitative estimate of drug-likeness (QED) is 0.607. The summed E-state index contributed by atoms with van der Waals surface area (Å²) in [6.07, 6.45) is 6.04. The highest BCUT2D eigenvalue weighted by Crippen LogP contribution is 2.22. The fourth-order valence-corrected chi connectivity index (χ4v) is 3.24. The molecule has 124 valence electrons. The van der Waals surface area contributed by atoms with Gasteiger partial charge in [0.15, 0.2) is 5.16 Å². The maximum Gasteiger partial charge on any atom is 0.230 e. The molecule has 23 heavy (non-hydrogen) atoms. The van der Waals surface area contributed by atoms with Gasteiger partial charge in [-0.3, -0.25) is 4.90 Å². The SMILES string of the molecule is CSc1nccc(N2CCC(N(C)Cc3nnc(C)o3)CC2)n1. The van der Waals surface area contributed by atoms with Crippen molar-refractivity contribution in [2.75, 3.05) is 31.3 Å². The molecule has 1 saturated heterocycles. The number of aromatic nitrogens is 4. The van der Waals surface area contributed by atoms with Crippen LogP contribution >= 0.6 is 11.8 Å². The first-order valence-corrected chi connectivity index (χ1v) is 8.99. The minimum absolute atomic E-state index is 0.528. The highest BCUT2D eigenvalue weighted by molar-refractivity contribution is 7.98. The third-order valence-electron chi connectivity index (χ3n) is 4.17. The summed E-state index contributed by atoms with van der Waals surface area (Å²) in [5.74, 6) is 2.34. The molecule has 0 unspecified atom stereocenters. The molecule has 0 atom stereocenters. The molecule has 0 N–H and O–H groups in total. The molecular formula is C15H22N6OS. The van der Waals surface area contributed by atoms with E-state index in [9.17, 15) is 0 Å². The lowest BCUT2D eigenvalue weighted by Gasteiger charge is -2.36. The molecule has 1 fully saturated rings. The highest BCUT2D eigenvalue weighted by Gasteiger charge is 2.24. The van der Waals surface area contributed by atoms with Gasteiger partial charge >= 0.3 is 0 Å². The van der Waals surface area contributed by atoms with Crippen molar-refractivity contribution in [1.29, 1.82) is 0 Å². The number of hydrogen-bond acceptors (Lipinski definition) is 8. The van der Waals surface area contributed by atoms with E-state index in [1.165, 1.54) is 0 Å². The summed E-state index contributed by atoms with van der Waals surface area (Å²) >= 11 is 1.58. The van der Waals surface area contributed by atoms with Crippen molar-refractivity contribution in [2.24, 2.45) is 0 Å². The van der Waals surface area contributed by atoms with Gasteiger partial charge in [-0.25, -0.2) is 9.97 Å². The molecule has 8 heteroatoms. The number of nitrogens with zero attached hydrogens (tertiary/aromatic N) is 6. The van der Waals surface area contributed by atoms with E-state index in [0.717, 1.165) is 36.9 Å². The molecule has 1 aliphatic rings. The van der Waals surface area contributed by atoms with E-state index in [2.05, 4.69) is 37.0 Å². The standard InChI is InChI=1S/C15H22N6OS/c1-11-18-19-14(22-11)10-20(2)12-5-8-21(9-6-12)13-4-7-16-15(17-13)23-3/h4,7,12H,5-6,8-10H2,1-3H3. The molecule has 0 spiro atoms. The fourth-order valence-electron chi connectivity index (χ4n) is 2.89. The highest BCUT2D eigenvalue weighted by atomic mass is 32.2. The minimum atomic E-state index is 0.528. The predicted molar refractivity (Wildman–Crippen MR) is 89.6 cm³/mol. The molecule has 7 nitrogen and oxygen atoms in total. The van der Waals surface area contributed by atoms with Crippen LogP contribution in [0.25, 0.3) is 0 Å². The molecule has 2 aromatic rings. The first-order valence-electron chi connectivity index (χ1n) is 7.77. The van der Waals surface area contributed by atoms with Crippen molar-refractivity contribution in [3.63, 3.8) is 0 Å². The number of hydrogen-bond donors (Lipinski definition) is 0. The van der Waals surface area contributed by atoms with Crippen LogP contribution in [0.3, 0.4) is 0 Å². The van der Waals surface area contributed by atoms with Gasteiger partial charge in [0.25, 0.3) is 0 Å². The molecule has 3 rings (SSSR count). The Morgan fingerprint density at radius 3 is 2.78 bits per heavy atom. The summed E-state index contributed by atoms with van der Waals surface area (Å²) in [6, 6.07) is 2.52. The van der Waals surface area contributed by atoms with Gasteiger partial charge in [0.1, 0.15) is 5.82 Å². The predicted octanol–water partition coefficient (Wildman–Crippen LogP) is 1.99. The van der Waals surface area contributed by atoms with Crippen molar-refractivity contribution in [3.05, 3.63) is 24.0 Å². The maximum atomic E-state index is 5.47. The molecular weight excluding hydrogens is 312 g/mol. The number of aryl methyl sites for hydroxylation is 1. The maximum absolute atomic E-state index is 5.47. The molecule has 0 radical (unpaired) electrons. The number of rotatable bonds is 5. The van der Waals surface area contributed by atoms with Gasteiger partial charge in [0.05, 0.1) is 6.54 Å². The topological polar surface area (TPSA) is 71.2 Å². The third kappa shape index (κ3) is 4.00. The van der Waals surface area contributed by atoms with Gasteiger partial charge < -0.3 is 9.32 Å². The van der Waals surface area contributed by atoms with Crippen LogP contribution in [-0.4, -0.2) is 57.5 Å². The van der Waals surface area contributed by atoms with Crippen LogP contribution < -0.4 is 4.90 Å².